The second-order valence-electron chi connectivity index (χ2n) is 5.87. The molecule has 126 valence electrons. The third-order valence-corrected chi connectivity index (χ3v) is 4.56. The van der Waals surface area contributed by atoms with Gasteiger partial charge in [-0.15, -0.1) is 0 Å². The monoisotopic (exact) mass is 356 g/mol. The van der Waals surface area contributed by atoms with Gasteiger partial charge in [0, 0.05) is 11.6 Å². The van der Waals surface area contributed by atoms with Crippen molar-refractivity contribution in [2.75, 3.05) is 7.11 Å². The number of hydrogen-bond donors (Lipinski definition) is 0. The zero-order valence-corrected chi connectivity index (χ0v) is 14.2. The van der Waals surface area contributed by atoms with Crippen LogP contribution in [0.15, 0.2) is 41.2 Å². The second kappa shape index (κ2) is 6.01. The van der Waals surface area contributed by atoms with Gasteiger partial charge in [0.2, 0.25) is 0 Å². The van der Waals surface area contributed by atoms with E-state index in [2.05, 4.69) is 4.98 Å². The first kappa shape index (κ1) is 15.8. The zero-order chi connectivity index (χ0) is 17.6. The Labute approximate surface area is 148 Å². The lowest BCUT2D eigenvalue weighted by molar-refractivity contribution is 0.386. The number of methoxy groups -OCH3 is 1. The summed E-state index contributed by atoms with van der Waals surface area (Å²) >= 11 is 6.02. The van der Waals surface area contributed by atoms with Crippen LogP contribution >= 0.6 is 11.6 Å². The molecular formula is C19H14ClFN2O2. The minimum absolute atomic E-state index is 0.0824. The maximum absolute atomic E-state index is 13.9. The molecule has 2 heterocycles. The predicted molar refractivity (Wildman–Crippen MR) is 96.5 cm³/mol. The van der Waals surface area contributed by atoms with Gasteiger partial charge in [-0.3, -0.25) is 9.36 Å². The van der Waals surface area contributed by atoms with Crippen molar-refractivity contribution < 1.29 is 9.13 Å². The van der Waals surface area contributed by atoms with Crippen molar-refractivity contribution in [3.8, 4) is 5.75 Å². The zero-order valence-electron chi connectivity index (χ0n) is 13.4. The van der Waals surface area contributed by atoms with Crippen LogP contribution in [0.4, 0.5) is 4.39 Å². The van der Waals surface area contributed by atoms with E-state index in [1.165, 1.54) is 13.2 Å². The van der Waals surface area contributed by atoms with Gasteiger partial charge >= 0.3 is 0 Å². The highest BCUT2D eigenvalue weighted by molar-refractivity contribution is 6.31. The van der Waals surface area contributed by atoms with Crippen LogP contribution in [-0.4, -0.2) is 16.7 Å². The highest BCUT2D eigenvalue weighted by Crippen LogP contribution is 2.29. The topological polar surface area (TPSA) is 44.1 Å². The molecule has 0 aliphatic carbocycles. The van der Waals surface area contributed by atoms with Crippen molar-refractivity contribution in [3.05, 3.63) is 69.0 Å². The Morgan fingerprint density at radius 2 is 2.12 bits per heavy atom. The summed E-state index contributed by atoms with van der Waals surface area (Å²) in [4.78, 5) is 17.2. The number of hydrogen-bond acceptors (Lipinski definition) is 3. The predicted octanol–water partition coefficient (Wildman–Crippen LogP) is 4.14. The van der Waals surface area contributed by atoms with Gasteiger partial charge in [-0.1, -0.05) is 17.7 Å². The Balaban J connectivity index is 1.85. The Bertz CT molecular complexity index is 1090. The highest BCUT2D eigenvalue weighted by Gasteiger charge is 2.21. The molecule has 0 spiro atoms. The number of ether oxygens (including phenoxy) is 1. The van der Waals surface area contributed by atoms with E-state index in [0.29, 0.717) is 40.3 Å². The molecule has 1 aromatic heterocycles. The van der Waals surface area contributed by atoms with E-state index in [0.717, 1.165) is 5.57 Å². The summed E-state index contributed by atoms with van der Waals surface area (Å²) in [5.41, 5.74) is 2.07. The lowest BCUT2D eigenvalue weighted by Crippen LogP contribution is -2.20. The fourth-order valence-electron chi connectivity index (χ4n) is 3.10. The molecule has 0 unspecified atom stereocenters. The van der Waals surface area contributed by atoms with Gasteiger partial charge in [0.15, 0.2) is 11.6 Å². The summed E-state index contributed by atoms with van der Waals surface area (Å²) in [6, 6.07) is 9.82. The molecule has 0 saturated heterocycles. The van der Waals surface area contributed by atoms with Gasteiger partial charge in [0.25, 0.3) is 5.56 Å². The SMILES string of the molecule is COc1ccc(/C=C2\CCn3c2nc2cc(Cl)ccc2c3=O)cc1F. The molecule has 0 amide bonds. The van der Waals surface area contributed by atoms with Gasteiger partial charge in [-0.05, 0) is 54.0 Å². The summed E-state index contributed by atoms with van der Waals surface area (Å²) in [6.45, 7) is 0.560. The van der Waals surface area contributed by atoms with Crippen molar-refractivity contribution in [2.45, 2.75) is 13.0 Å². The van der Waals surface area contributed by atoms with Crippen LogP contribution in [0.25, 0.3) is 22.6 Å². The standard InChI is InChI=1S/C19H14ClFN2O2/c1-25-17-5-2-11(9-15(17)21)8-12-6-7-23-18(12)22-16-10-13(20)3-4-14(16)19(23)24/h2-5,8-10H,6-7H2,1H3/b12-8+. The summed E-state index contributed by atoms with van der Waals surface area (Å²) < 4.78 is 20.5. The Morgan fingerprint density at radius 1 is 1.28 bits per heavy atom. The van der Waals surface area contributed by atoms with Crippen molar-refractivity contribution in [1.82, 2.24) is 9.55 Å². The minimum atomic E-state index is -0.425. The molecule has 4 rings (SSSR count). The van der Waals surface area contributed by atoms with E-state index < -0.39 is 5.82 Å². The molecule has 0 radical (unpaired) electrons. The molecule has 0 atom stereocenters. The van der Waals surface area contributed by atoms with Crippen LogP contribution in [0.1, 0.15) is 17.8 Å². The first-order valence-electron chi connectivity index (χ1n) is 7.81. The quantitative estimate of drug-likeness (QED) is 0.693. The molecule has 3 aromatic rings. The van der Waals surface area contributed by atoms with Crippen molar-refractivity contribution in [1.29, 1.82) is 0 Å². The van der Waals surface area contributed by atoms with E-state index in [1.807, 2.05) is 6.08 Å². The van der Waals surface area contributed by atoms with Gasteiger partial charge in [0.05, 0.1) is 18.0 Å². The van der Waals surface area contributed by atoms with Crippen LogP contribution < -0.4 is 10.3 Å². The molecule has 25 heavy (non-hydrogen) atoms. The Kier molecular flexibility index (Phi) is 3.81. The summed E-state index contributed by atoms with van der Waals surface area (Å²) in [5, 5.41) is 1.08. The molecule has 1 aliphatic heterocycles. The van der Waals surface area contributed by atoms with E-state index in [4.69, 9.17) is 16.3 Å². The van der Waals surface area contributed by atoms with Crippen LogP contribution in [-0.2, 0) is 6.54 Å². The third-order valence-electron chi connectivity index (χ3n) is 4.33. The number of allylic oxidation sites excluding steroid dienone is 1. The number of benzene rings is 2. The van der Waals surface area contributed by atoms with E-state index in [-0.39, 0.29) is 11.3 Å². The summed E-state index contributed by atoms with van der Waals surface area (Å²) in [5.74, 6) is 0.380. The summed E-state index contributed by atoms with van der Waals surface area (Å²) in [6.07, 6.45) is 2.52. The number of fused-ring (bicyclic) bond motifs is 2. The third kappa shape index (κ3) is 2.70. The van der Waals surface area contributed by atoms with Gasteiger partial charge in [0.1, 0.15) is 5.82 Å². The van der Waals surface area contributed by atoms with E-state index in [1.54, 1.807) is 34.9 Å². The van der Waals surface area contributed by atoms with Crippen LogP contribution in [0.2, 0.25) is 5.02 Å². The lowest BCUT2D eigenvalue weighted by atomic mass is 10.1. The van der Waals surface area contributed by atoms with E-state index in [9.17, 15) is 9.18 Å². The molecule has 0 N–H and O–H groups in total. The fraction of sp³-hybridized carbons (Fsp3) is 0.158. The fourth-order valence-corrected chi connectivity index (χ4v) is 3.27. The smallest absolute Gasteiger partial charge is 0.261 e. The Hall–Kier alpha value is -2.66. The first-order valence-corrected chi connectivity index (χ1v) is 8.19. The van der Waals surface area contributed by atoms with Crippen LogP contribution in [0.3, 0.4) is 0 Å². The van der Waals surface area contributed by atoms with Crippen molar-refractivity contribution in [3.63, 3.8) is 0 Å². The average Bonchev–Trinajstić information content (AvgIpc) is 2.98. The highest BCUT2D eigenvalue weighted by atomic mass is 35.5. The number of halogens is 2. The molecule has 2 aromatic carbocycles. The van der Waals surface area contributed by atoms with Crippen molar-refractivity contribution in [2.24, 2.45) is 0 Å². The maximum Gasteiger partial charge on any atom is 0.261 e. The molecule has 6 heteroatoms. The van der Waals surface area contributed by atoms with Crippen LogP contribution in [0, 0.1) is 5.82 Å². The van der Waals surface area contributed by atoms with Crippen LogP contribution in [0.5, 0.6) is 5.75 Å². The molecule has 0 fully saturated rings. The second-order valence-corrected chi connectivity index (χ2v) is 6.30. The molecule has 0 saturated carbocycles. The largest absolute Gasteiger partial charge is 0.494 e. The lowest BCUT2D eigenvalue weighted by Gasteiger charge is -2.06. The molecule has 1 aliphatic rings. The molecular weight excluding hydrogens is 343 g/mol. The number of rotatable bonds is 2. The summed E-state index contributed by atoms with van der Waals surface area (Å²) in [7, 11) is 1.43. The average molecular weight is 357 g/mol. The maximum atomic E-state index is 13.9. The van der Waals surface area contributed by atoms with Crippen molar-refractivity contribution >= 4 is 34.2 Å². The number of aromatic nitrogens is 2. The minimum Gasteiger partial charge on any atom is -0.494 e. The Morgan fingerprint density at radius 3 is 2.88 bits per heavy atom. The molecule has 0 bridgehead atoms. The van der Waals surface area contributed by atoms with E-state index >= 15 is 0 Å². The normalized spacial score (nSPS) is 14.9. The number of nitrogens with zero attached hydrogens (tertiary/aromatic N) is 2. The van der Waals surface area contributed by atoms with Gasteiger partial charge in [-0.2, -0.15) is 0 Å². The molecule has 4 nitrogen and oxygen atoms in total. The first-order chi connectivity index (χ1) is 12.1. The van der Waals surface area contributed by atoms with Gasteiger partial charge < -0.3 is 4.74 Å². The van der Waals surface area contributed by atoms with Gasteiger partial charge in [-0.25, -0.2) is 9.37 Å².